The van der Waals surface area contributed by atoms with E-state index in [0.717, 1.165) is 11.8 Å². The fourth-order valence-corrected chi connectivity index (χ4v) is 1.80. The van der Waals surface area contributed by atoms with Crippen molar-refractivity contribution in [2.24, 2.45) is 0 Å². The van der Waals surface area contributed by atoms with E-state index in [0.29, 0.717) is 11.3 Å². The Morgan fingerprint density at radius 3 is 2.68 bits per heavy atom. The van der Waals surface area contributed by atoms with Gasteiger partial charge in [0.2, 0.25) is 5.91 Å². The second-order valence-corrected chi connectivity index (χ2v) is 4.49. The molecule has 1 rings (SSSR count). The van der Waals surface area contributed by atoms with Crippen LogP contribution in [0.25, 0.3) is 0 Å². The number of thioether (sulfide) groups is 1. The quantitative estimate of drug-likeness (QED) is 0.763. The zero-order chi connectivity index (χ0) is 14.3. The number of hydrogen-bond donors (Lipinski definition) is 2. The number of ether oxygens (including phenoxy) is 1. The average molecular weight is 283 g/mol. The van der Waals surface area contributed by atoms with Crippen LogP contribution >= 0.6 is 11.8 Å². The highest BCUT2D eigenvalue weighted by Crippen LogP contribution is 2.12. The largest absolute Gasteiger partial charge is 0.481 e. The van der Waals surface area contributed by atoms with Gasteiger partial charge in [0, 0.05) is 5.69 Å². The van der Waals surface area contributed by atoms with Gasteiger partial charge in [-0.1, -0.05) is 6.07 Å². The van der Waals surface area contributed by atoms with Crippen LogP contribution in [0.15, 0.2) is 24.3 Å². The Hall–Kier alpha value is -2.02. The fraction of sp³-hybridized carbons (Fsp3) is 0.250. The Morgan fingerprint density at radius 1 is 1.32 bits per heavy atom. The van der Waals surface area contributed by atoms with Gasteiger partial charge in [0.25, 0.3) is 0 Å². The van der Waals surface area contributed by atoms with E-state index in [9.17, 15) is 14.4 Å². The van der Waals surface area contributed by atoms with E-state index in [4.69, 9.17) is 5.11 Å². The van der Waals surface area contributed by atoms with E-state index in [2.05, 4.69) is 10.1 Å². The lowest BCUT2D eigenvalue weighted by Crippen LogP contribution is -2.15. The highest BCUT2D eigenvalue weighted by atomic mass is 32.2. The molecule has 1 aromatic rings. The number of esters is 1. The lowest BCUT2D eigenvalue weighted by atomic mass is 10.2. The van der Waals surface area contributed by atoms with Crippen LogP contribution in [0.3, 0.4) is 0 Å². The number of aliphatic carboxylic acids is 1. The number of carbonyl (C=O) groups excluding carboxylic acids is 2. The van der Waals surface area contributed by atoms with Gasteiger partial charge in [-0.2, -0.15) is 0 Å². The molecule has 0 saturated carbocycles. The molecule has 1 amide bonds. The number of benzene rings is 1. The molecule has 0 aliphatic heterocycles. The highest BCUT2D eigenvalue weighted by Gasteiger charge is 2.08. The Labute approximate surface area is 114 Å². The molecular weight excluding hydrogens is 270 g/mol. The smallest absolute Gasteiger partial charge is 0.337 e. The normalized spacial score (nSPS) is 9.74. The summed E-state index contributed by atoms with van der Waals surface area (Å²) in [5.41, 5.74) is 0.794. The van der Waals surface area contributed by atoms with Gasteiger partial charge in [-0.3, -0.25) is 9.59 Å². The minimum Gasteiger partial charge on any atom is -0.481 e. The lowest BCUT2D eigenvalue weighted by Gasteiger charge is -2.06. The topological polar surface area (TPSA) is 92.7 Å². The van der Waals surface area contributed by atoms with Crippen LogP contribution in [-0.2, 0) is 14.3 Å². The molecule has 0 saturated heterocycles. The van der Waals surface area contributed by atoms with Gasteiger partial charge in [-0.05, 0) is 18.2 Å². The van der Waals surface area contributed by atoms with E-state index in [1.54, 1.807) is 18.2 Å². The average Bonchev–Trinajstić information content (AvgIpc) is 2.37. The van der Waals surface area contributed by atoms with Gasteiger partial charge in [0.15, 0.2) is 0 Å². The van der Waals surface area contributed by atoms with E-state index in [-0.39, 0.29) is 17.4 Å². The lowest BCUT2D eigenvalue weighted by molar-refractivity contribution is -0.133. The predicted molar refractivity (Wildman–Crippen MR) is 71.4 cm³/mol. The molecule has 19 heavy (non-hydrogen) atoms. The molecule has 7 heteroatoms. The molecule has 0 aromatic heterocycles. The predicted octanol–water partition coefficient (Wildman–Crippen LogP) is 1.23. The van der Waals surface area contributed by atoms with Crippen LogP contribution in [0.4, 0.5) is 5.69 Å². The zero-order valence-electron chi connectivity index (χ0n) is 10.2. The van der Waals surface area contributed by atoms with E-state index in [1.807, 2.05) is 0 Å². The van der Waals surface area contributed by atoms with E-state index < -0.39 is 11.9 Å². The third-order valence-electron chi connectivity index (χ3n) is 2.03. The Bertz CT molecular complexity index is 489. The molecule has 1 aromatic carbocycles. The number of nitrogens with one attached hydrogen (secondary N) is 1. The molecule has 0 fully saturated rings. The van der Waals surface area contributed by atoms with Crippen molar-refractivity contribution in [1.29, 1.82) is 0 Å². The summed E-state index contributed by atoms with van der Waals surface area (Å²) in [4.78, 5) is 33.1. The van der Waals surface area contributed by atoms with Crippen molar-refractivity contribution >= 4 is 35.3 Å². The molecule has 0 aliphatic carbocycles. The van der Waals surface area contributed by atoms with Crippen molar-refractivity contribution < 1.29 is 24.2 Å². The molecule has 0 spiro atoms. The second kappa shape index (κ2) is 7.42. The minimum atomic E-state index is -0.967. The van der Waals surface area contributed by atoms with Crippen molar-refractivity contribution in [2.45, 2.75) is 0 Å². The first-order valence-corrected chi connectivity index (χ1v) is 6.46. The van der Waals surface area contributed by atoms with Gasteiger partial charge in [-0.25, -0.2) is 4.79 Å². The van der Waals surface area contributed by atoms with Gasteiger partial charge in [0.1, 0.15) is 0 Å². The Morgan fingerprint density at radius 2 is 2.05 bits per heavy atom. The summed E-state index contributed by atoms with van der Waals surface area (Å²) < 4.78 is 4.57. The summed E-state index contributed by atoms with van der Waals surface area (Å²) in [6.07, 6.45) is 0. The number of anilines is 1. The number of methoxy groups -OCH3 is 1. The summed E-state index contributed by atoms with van der Waals surface area (Å²) >= 11 is 1.00. The van der Waals surface area contributed by atoms with Crippen LogP contribution in [0.1, 0.15) is 10.4 Å². The number of hydrogen-bond acceptors (Lipinski definition) is 5. The summed E-state index contributed by atoms with van der Waals surface area (Å²) in [5, 5.41) is 11.0. The van der Waals surface area contributed by atoms with Crippen molar-refractivity contribution in [1.82, 2.24) is 0 Å². The van der Waals surface area contributed by atoms with Crippen molar-refractivity contribution in [2.75, 3.05) is 23.9 Å². The minimum absolute atomic E-state index is 0.0365. The summed E-state index contributed by atoms with van der Waals surface area (Å²) in [6.45, 7) is 0. The molecule has 102 valence electrons. The maximum atomic E-state index is 11.5. The van der Waals surface area contributed by atoms with Crippen LogP contribution < -0.4 is 5.32 Å². The molecule has 0 bridgehead atoms. The SMILES string of the molecule is COC(=O)c1cccc(NC(=O)CSCC(=O)O)c1. The van der Waals surface area contributed by atoms with Crippen LogP contribution in [0.5, 0.6) is 0 Å². The maximum Gasteiger partial charge on any atom is 0.337 e. The number of carbonyl (C=O) groups is 3. The van der Waals surface area contributed by atoms with E-state index >= 15 is 0 Å². The number of carboxylic acids is 1. The zero-order valence-corrected chi connectivity index (χ0v) is 11.0. The van der Waals surface area contributed by atoms with Gasteiger partial charge in [-0.15, -0.1) is 11.8 Å². The third-order valence-corrected chi connectivity index (χ3v) is 2.94. The third kappa shape index (κ3) is 5.43. The van der Waals surface area contributed by atoms with Gasteiger partial charge in [0.05, 0.1) is 24.2 Å². The molecule has 0 atom stereocenters. The van der Waals surface area contributed by atoms with Crippen molar-refractivity contribution in [3.63, 3.8) is 0 Å². The molecule has 0 heterocycles. The maximum absolute atomic E-state index is 11.5. The summed E-state index contributed by atoms with van der Waals surface area (Å²) in [7, 11) is 1.27. The Balaban J connectivity index is 2.54. The molecular formula is C12H13NO5S. The summed E-state index contributed by atoms with van der Waals surface area (Å²) in [6, 6.07) is 6.31. The molecule has 6 nitrogen and oxygen atoms in total. The second-order valence-electron chi connectivity index (χ2n) is 3.51. The first-order chi connectivity index (χ1) is 9.02. The van der Waals surface area contributed by atoms with Crippen molar-refractivity contribution in [3.05, 3.63) is 29.8 Å². The standard InChI is InChI=1S/C12H13NO5S/c1-18-12(17)8-3-2-4-9(5-8)13-10(14)6-19-7-11(15)16/h2-5H,6-7H2,1H3,(H,13,14)(H,15,16). The first-order valence-electron chi connectivity index (χ1n) is 5.30. The first kappa shape index (κ1) is 15.0. The van der Waals surface area contributed by atoms with Gasteiger partial charge < -0.3 is 15.2 Å². The van der Waals surface area contributed by atoms with Crippen LogP contribution in [-0.4, -0.2) is 41.6 Å². The van der Waals surface area contributed by atoms with Gasteiger partial charge >= 0.3 is 11.9 Å². The van der Waals surface area contributed by atoms with E-state index in [1.165, 1.54) is 13.2 Å². The fourth-order valence-electron chi connectivity index (χ4n) is 1.27. The number of rotatable bonds is 6. The Kier molecular flexibility index (Phi) is 5.87. The van der Waals surface area contributed by atoms with Crippen LogP contribution in [0, 0.1) is 0 Å². The molecule has 0 radical (unpaired) electrons. The highest BCUT2D eigenvalue weighted by molar-refractivity contribution is 8.00. The van der Waals surface area contributed by atoms with Crippen LogP contribution in [0.2, 0.25) is 0 Å². The molecule has 2 N–H and O–H groups in total. The molecule has 0 unspecified atom stereocenters. The number of carboxylic acid groups (broad SMARTS) is 1. The molecule has 0 aliphatic rings. The monoisotopic (exact) mass is 283 g/mol. The van der Waals surface area contributed by atoms with Crippen molar-refractivity contribution in [3.8, 4) is 0 Å². The number of amides is 1. The summed E-state index contributed by atoms with van der Waals surface area (Å²) in [5.74, 6) is -1.88.